The lowest BCUT2D eigenvalue weighted by atomic mass is 10.3. The van der Waals surface area contributed by atoms with Crippen LogP contribution in [0, 0.1) is 11.3 Å². The van der Waals surface area contributed by atoms with Gasteiger partial charge in [-0.3, -0.25) is 5.41 Å². The van der Waals surface area contributed by atoms with Gasteiger partial charge in [0.05, 0.1) is 5.84 Å². The van der Waals surface area contributed by atoms with Gasteiger partial charge >= 0.3 is 0 Å². The molecule has 3 nitrogen and oxygen atoms in total. The zero-order valence-electron chi connectivity index (χ0n) is 7.51. The minimum atomic E-state index is 0.265. The van der Waals surface area contributed by atoms with Gasteiger partial charge in [-0.15, -0.1) is 0 Å². The summed E-state index contributed by atoms with van der Waals surface area (Å²) in [4.78, 5) is 0. The van der Waals surface area contributed by atoms with Crippen molar-refractivity contribution < 1.29 is 4.74 Å². The second kappa shape index (κ2) is 5.14. The Morgan fingerprint density at radius 2 is 2.17 bits per heavy atom. The Morgan fingerprint density at radius 1 is 1.42 bits per heavy atom. The number of amidine groups is 1. The van der Waals surface area contributed by atoms with E-state index >= 15 is 0 Å². The second-order valence-electron chi connectivity index (χ2n) is 3.47. The Morgan fingerprint density at radius 3 is 2.75 bits per heavy atom. The van der Waals surface area contributed by atoms with Gasteiger partial charge in [0, 0.05) is 19.6 Å². The van der Waals surface area contributed by atoms with E-state index in [1.807, 2.05) is 0 Å². The predicted octanol–water partition coefficient (Wildman–Crippen LogP) is 1.52. The van der Waals surface area contributed by atoms with Gasteiger partial charge in [-0.25, -0.2) is 0 Å². The molecule has 0 atom stereocenters. The van der Waals surface area contributed by atoms with Gasteiger partial charge in [-0.1, -0.05) is 12.8 Å². The van der Waals surface area contributed by atoms with E-state index in [-0.39, 0.29) is 5.84 Å². The van der Waals surface area contributed by atoms with E-state index in [4.69, 9.17) is 15.9 Å². The number of nitrogens with two attached hydrogens (primary N) is 1. The SMILES string of the molecule is N=C(N)CCCOCCC1CC1. The average molecular weight is 170 g/mol. The fourth-order valence-corrected chi connectivity index (χ4v) is 1.12. The van der Waals surface area contributed by atoms with E-state index < -0.39 is 0 Å². The molecule has 70 valence electrons. The van der Waals surface area contributed by atoms with Crippen molar-refractivity contribution in [3.63, 3.8) is 0 Å². The van der Waals surface area contributed by atoms with E-state index in [1.165, 1.54) is 19.3 Å². The average Bonchev–Trinajstić information content (AvgIpc) is 2.79. The largest absolute Gasteiger partial charge is 0.388 e. The maximum Gasteiger partial charge on any atom is 0.0906 e. The number of hydrogen-bond acceptors (Lipinski definition) is 2. The first-order chi connectivity index (χ1) is 5.79. The molecule has 0 aromatic heterocycles. The van der Waals surface area contributed by atoms with Crippen LogP contribution in [0.5, 0.6) is 0 Å². The highest BCUT2D eigenvalue weighted by Gasteiger charge is 2.20. The van der Waals surface area contributed by atoms with Gasteiger partial charge < -0.3 is 10.5 Å². The molecule has 0 radical (unpaired) electrons. The smallest absolute Gasteiger partial charge is 0.0906 e. The lowest BCUT2D eigenvalue weighted by Crippen LogP contribution is -2.10. The van der Waals surface area contributed by atoms with E-state index in [1.54, 1.807) is 0 Å². The monoisotopic (exact) mass is 170 g/mol. The first kappa shape index (κ1) is 9.52. The lowest BCUT2D eigenvalue weighted by molar-refractivity contribution is 0.127. The molecule has 1 rings (SSSR count). The summed E-state index contributed by atoms with van der Waals surface area (Å²) in [5.74, 6) is 1.22. The van der Waals surface area contributed by atoms with Crippen LogP contribution in [0.2, 0.25) is 0 Å². The molecule has 1 saturated carbocycles. The highest BCUT2D eigenvalue weighted by Crippen LogP contribution is 2.31. The highest BCUT2D eigenvalue weighted by molar-refractivity contribution is 5.76. The number of ether oxygens (including phenoxy) is 1. The van der Waals surface area contributed by atoms with E-state index in [0.717, 1.165) is 25.6 Å². The fraction of sp³-hybridized carbons (Fsp3) is 0.889. The van der Waals surface area contributed by atoms with Crippen LogP contribution in [-0.2, 0) is 4.74 Å². The summed E-state index contributed by atoms with van der Waals surface area (Å²) < 4.78 is 5.38. The van der Waals surface area contributed by atoms with Crippen molar-refractivity contribution in [2.75, 3.05) is 13.2 Å². The summed E-state index contributed by atoms with van der Waals surface area (Å²) in [6.45, 7) is 1.65. The molecular formula is C9H18N2O. The van der Waals surface area contributed by atoms with Crippen LogP contribution in [0.4, 0.5) is 0 Å². The van der Waals surface area contributed by atoms with Crippen molar-refractivity contribution in [2.24, 2.45) is 11.7 Å². The Kier molecular flexibility index (Phi) is 4.08. The molecule has 3 heteroatoms. The Labute approximate surface area is 73.8 Å². The van der Waals surface area contributed by atoms with E-state index in [2.05, 4.69) is 0 Å². The molecule has 1 aliphatic rings. The number of hydrogen-bond donors (Lipinski definition) is 2. The minimum absolute atomic E-state index is 0.265. The third-order valence-corrected chi connectivity index (χ3v) is 2.10. The Balaban J connectivity index is 1.73. The van der Waals surface area contributed by atoms with Gasteiger partial charge in [0.1, 0.15) is 0 Å². The van der Waals surface area contributed by atoms with Crippen molar-refractivity contribution in [3.05, 3.63) is 0 Å². The molecule has 0 heterocycles. The summed E-state index contributed by atoms with van der Waals surface area (Å²) >= 11 is 0. The molecule has 12 heavy (non-hydrogen) atoms. The highest BCUT2D eigenvalue weighted by atomic mass is 16.5. The van der Waals surface area contributed by atoms with Gasteiger partial charge in [0.15, 0.2) is 0 Å². The zero-order valence-corrected chi connectivity index (χ0v) is 7.51. The van der Waals surface area contributed by atoms with Crippen LogP contribution in [0.25, 0.3) is 0 Å². The molecule has 0 aromatic carbocycles. The van der Waals surface area contributed by atoms with Crippen LogP contribution in [0.15, 0.2) is 0 Å². The second-order valence-corrected chi connectivity index (χ2v) is 3.47. The topological polar surface area (TPSA) is 59.1 Å². The first-order valence-corrected chi connectivity index (χ1v) is 4.69. The van der Waals surface area contributed by atoms with Crippen LogP contribution < -0.4 is 5.73 Å². The third-order valence-electron chi connectivity index (χ3n) is 2.10. The lowest BCUT2D eigenvalue weighted by Gasteiger charge is -2.02. The molecule has 1 aliphatic carbocycles. The van der Waals surface area contributed by atoms with Gasteiger partial charge in [-0.2, -0.15) is 0 Å². The van der Waals surface area contributed by atoms with Crippen LogP contribution in [-0.4, -0.2) is 19.0 Å². The summed E-state index contributed by atoms with van der Waals surface area (Å²) in [5.41, 5.74) is 5.19. The molecule has 3 N–H and O–H groups in total. The predicted molar refractivity (Wildman–Crippen MR) is 49.3 cm³/mol. The van der Waals surface area contributed by atoms with Crippen LogP contribution in [0.1, 0.15) is 32.1 Å². The molecule has 0 aromatic rings. The number of rotatable bonds is 7. The zero-order chi connectivity index (χ0) is 8.81. The van der Waals surface area contributed by atoms with Gasteiger partial charge in [0.2, 0.25) is 0 Å². The van der Waals surface area contributed by atoms with Crippen molar-refractivity contribution in [3.8, 4) is 0 Å². The van der Waals surface area contributed by atoms with Crippen LogP contribution in [0.3, 0.4) is 0 Å². The quantitative estimate of drug-likeness (QED) is 0.346. The summed E-state index contributed by atoms with van der Waals surface area (Å²) in [6.07, 6.45) is 5.58. The number of nitrogens with one attached hydrogen (secondary N) is 1. The summed E-state index contributed by atoms with van der Waals surface area (Å²) in [6, 6.07) is 0. The molecule has 0 bridgehead atoms. The normalized spacial score (nSPS) is 16.3. The van der Waals surface area contributed by atoms with Gasteiger partial charge in [0.25, 0.3) is 0 Å². The molecule has 0 aliphatic heterocycles. The van der Waals surface area contributed by atoms with Crippen molar-refractivity contribution >= 4 is 5.84 Å². The maximum absolute atomic E-state index is 6.98. The molecule has 0 unspecified atom stereocenters. The van der Waals surface area contributed by atoms with Gasteiger partial charge in [-0.05, 0) is 18.8 Å². The molecule has 0 spiro atoms. The summed E-state index contributed by atoms with van der Waals surface area (Å²) in [7, 11) is 0. The van der Waals surface area contributed by atoms with E-state index in [9.17, 15) is 0 Å². The molecule has 1 fully saturated rings. The Bertz CT molecular complexity index is 143. The maximum atomic E-state index is 6.98. The molecule has 0 saturated heterocycles. The minimum Gasteiger partial charge on any atom is -0.388 e. The Hall–Kier alpha value is -0.570. The van der Waals surface area contributed by atoms with Crippen LogP contribution >= 0.6 is 0 Å². The first-order valence-electron chi connectivity index (χ1n) is 4.69. The molecule has 0 amide bonds. The standard InChI is InChI=1S/C9H18N2O/c10-9(11)2-1-6-12-7-5-8-3-4-8/h8H,1-7H2,(H3,10,11). The molecular weight excluding hydrogens is 152 g/mol. The summed E-state index contributed by atoms with van der Waals surface area (Å²) in [5, 5.41) is 6.98. The van der Waals surface area contributed by atoms with Crippen molar-refractivity contribution in [1.29, 1.82) is 5.41 Å². The van der Waals surface area contributed by atoms with Crippen molar-refractivity contribution in [2.45, 2.75) is 32.1 Å². The fourth-order valence-electron chi connectivity index (χ4n) is 1.12. The van der Waals surface area contributed by atoms with Crippen molar-refractivity contribution in [1.82, 2.24) is 0 Å². The third kappa shape index (κ3) is 5.13. The van der Waals surface area contributed by atoms with E-state index in [0.29, 0.717) is 6.42 Å².